The number of para-hydroxylation sites is 1. The van der Waals surface area contributed by atoms with Crippen LogP contribution in [0.1, 0.15) is 23.1 Å². The van der Waals surface area contributed by atoms with E-state index in [0.717, 1.165) is 0 Å². The molecule has 2 amide bonds. The second-order valence-electron chi connectivity index (χ2n) is 8.31. The van der Waals surface area contributed by atoms with Crippen molar-refractivity contribution in [2.45, 2.75) is 19.0 Å². The number of nitro groups is 2. The Labute approximate surface area is 226 Å². The maximum Gasteiger partial charge on any atom is 0.278 e. The van der Waals surface area contributed by atoms with Crippen LogP contribution in [0.2, 0.25) is 10.0 Å². The van der Waals surface area contributed by atoms with Crippen LogP contribution in [0.15, 0.2) is 65.7 Å². The average Bonchev–Trinajstić information content (AvgIpc) is 2.98. The first-order chi connectivity index (χ1) is 18.1. The lowest BCUT2D eigenvalue weighted by Crippen LogP contribution is -2.46. The number of aliphatic imine (C=N–C) groups is 1. The zero-order valence-corrected chi connectivity index (χ0v) is 21.3. The van der Waals surface area contributed by atoms with Gasteiger partial charge in [-0.3, -0.25) is 29.8 Å². The lowest BCUT2D eigenvalue weighted by Gasteiger charge is -2.21. The zero-order valence-electron chi connectivity index (χ0n) is 19.8. The lowest BCUT2D eigenvalue weighted by atomic mass is 9.98. The first-order valence-electron chi connectivity index (χ1n) is 11.2. The number of hydrogen-bond acceptors (Lipinski definition) is 7. The Morgan fingerprint density at radius 3 is 2.45 bits per heavy atom. The molecule has 11 nitrogen and oxygen atoms in total. The van der Waals surface area contributed by atoms with Crippen LogP contribution in [-0.4, -0.2) is 40.6 Å². The van der Waals surface area contributed by atoms with Crippen LogP contribution < -0.4 is 10.2 Å². The summed E-state index contributed by atoms with van der Waals surface area (Å²) < 4.78 is 0. The molecule has 0 unspecified atom stereocenters. The number of nitrogens with one attached hydrogen (secondary N) is 1. The Kier molecular flexibility index (Phi) is 7.70. The van der Waals surface area contributed by atoms with E-state index in [1.165, 1.54) is 48.3 Å². The summed E-state index contributed by atoms with van der Waals surface area (Å²) in [5.41, 5.74) is 0.436. The number of hydrogen-bond donors (Lipinski definition) is 1. The maximum absolute atomic E-state index is 13.3. The smallest absolute Gasteiger partial charge is 0.278 e. The zero-order chi connectivity index (χ0) is 27.6. The molecule has 0 bridgehead atoms. The van der Waals surface area contributed by atoms with Crippen molar-refractivity contribution in [3.8, 4) is 0 Å². The molecule has 1 aliphatic heterocycles. The van der Waals surface area contributed by atoms with E-state index in [1.807, 2.05) is 0 Å². The summed E-state index contributed by atoms with van der Waals surface area (Å²) in [4.78, 5) is 53.8. The number of likely N-dealkylation sites (N-methyl/N-ethyl adjacent to an activating group) is 1. The number of nitrogens with zero attached hydrogens (tertiary/aromatic N) is 4. The summed E-state index contributed by atoms with van der Waals surface area (Å²) in [6.45, 7) is 0. The summed E-state index contributed by atoms with van der Waals surface area (Å²) in [6.07, 6.45) is -1.23. The van der Waals surface area contributed by atoms with E-state index in [1.54, 1.807) is 24.3 Å². The molecule has 0 spiro atoms. The van der Waals surface area contributed by atoms with Gasteiger partial charge in [0, 0.05) is 47.3 Å². The van der Waals surface area contributed by atoms with E-state index in [4.69, 9.17) is 23.2 Å². The molecule has 0 saturated heterocycles. The van der Waals surface area contributed by atoms with Crippen LogP contribution in [0.3, 0.4) is 0 Å². The molecule has 194 valence electrons. The summed E-state index contributed by atoms with van der Waals surface area (Å²) in [6, 6.07) is 14.4. The van der Waals surface area contributed by atoms with Crippen LogP contribution in [0.5, 0.6) is 0 Å². The van der Waals surface area contributed by atoms with Crippen molar-refractivity contribution in [2.75, 3.05) is 11.9 Å². The Balaban J connectivity index is 1.75. The fourth-order valence-corrected chi connectivity index (χ4v) is 4.52. The van der Waals surface area contributed by atoms with Gasteiger partial charge in [0.05, 0.1) is 26.8 Å². The molecule has 38 heavy (non-hydrogen) atoms. The fourth-order valence-electron chi connectivity index (χ4n) is 4.01. The van der Waals surface area contributed by atoms with Crippen molar-refractivity contribution in [3.63, 3.8) is 0 Å². The Bertz CT molecular complexity index is 1510. The van der Waals surface area contributed by atoms with Gasteiger partial charge in [-0.2, -0.15) is 0 Å². The highest BCUT2D eigenvalue weighted by atomic mass is 35.5. The van der Waals surface area contributed by atoms with Crippen molar-refractivity contribution < 1.29 is 19.4 Å². The largest absolute Gasteiger partial charge is 0.327 e. The second kappa shape index (κ2) is 11.0. The molecule has 3 aromatic rings. The number of fused-ring (bicyclic) bond motifs is 1. The summed E-state index contributed by atoms with van der Waals surface area (Å²) in [5.74, 6) is -1.16. The standard InChI is InChI=1S/C25H19Cl2N5O6/c1-30-20-10-9-16(31(35)36)13-18(20)23(17-4-2-3-5-21(17)32(37)38)29-24(25(30)34)28-22(33)11-7-14-6-8-15(26)12-19(14)27/h2-6,8-10,12-13,24H,7,11H2,1H3,(H,28,33)/t24-/m1/s1. The molecule has 1 aliphatic rings. The highest BCUT2D eigenvalue weighted by molar-refractivity contribution is 6.35. The van der Waals surface area contributed by atoms with Crippen molar-refractivity contribution >= 4 is 57.8 Å². The van der Waals surface area contributed by atoms with Gasteiger partial charge in [0.15, 0.2) is 0 Å². The summed E-state index contributed by atoms with van der Waals surface area (Å²) in [5, 5.41) is 26.7. The van der Waals surface area contributed by atoms with Gasteiger partial charge in [-0.05, 0) is 36.2 Å². The molecule has 1 N–H and O–H groups in total. The van der Waals surface area contributed by atoms with Gasteiger partial charge in [0.25, 0.3) is 17.3 Å². The Morgan fingerprint density at radius 1 is 1.03 bits per heavy atom. The number of aryl methyl sites for hydroxylation is 1. The van der Waals surface area contributed by atoms with Crippen molar-refractivity contribution in [3.05, 3.63) is 108 Å². The summed E-state index contributed by atoms with van der Waals surface area (Å²) in [7, 11) is 1.43. The van der Waals surface area contributed by atoms with E-state index in [0.29, 0.717) is 15.6 Å². The lowest BCUT2D eigenvalue weighted by molar-refractivity contribution is -0.385. The SMILES string of the molecule is CN1C(=O)[C@H](NC(=O)CCc2ccc(Cl)cc2Cl)N=C(c2ccccc2[N+](=O)[O-])c2cc([N+](=O)[O-])ccc21. The van der Waals surface area contributed by atoms with Crippen LogP contribution in [-0.2, 0) is 16.0 Å². The van der Waals surface area contributed by atoms with E-state index in [-0.39, 0.29) is 46.7 Å². The molecule has 0 radical (unpaired) electrons. The number of nitro benzene ring substituents is 2. The molecular formula is C25H19Cl2N5O6. The van der Waals surface area contributed by atoms with Crippen molar-refractivity contribution in [1.29, 1.82) is 0 Å². The van der Waals surface area contributed by atoms with E-state index in [2.05, 4.69) is 10.3 Å². The van der Waals surface area contributed by atoms with Gasteiger partial charge < -0.3 is 10.2 Å². The number of anilines is 1. The number of rotatable bonds is 7. The number of halogens is 2. The van der Waals surface area contributed by atoms with Gasteiger partial charge in [0.2, 0.25) is 12.1 Å². The van der Waals surface area contributed by atoms with Crippen molar-refractivity contribution in [1.82, 2.24) is 5.32 Å². The highest BCUT2D eigenvalue weighted by Crippen LogP contribution is 2.33. The third-order valence-corrected chi connectivity index (χ3v) is 6.51. The maximum atomic E-state index is 13.3. The Hall–Kier alpha value is -4.35. The van der Waals surface area contributed by atoms with E-state index in [9.17, 15) is 29.8 Å². The first-order valence-corrected chi connectivity index (χ1v) is 11.9. The normalized spacial score (nSPS) is 14.8. The monoisotopic (exact) mass is 555 g/mol. The molecule has 4 rings (SSSR count). The number of non-ortho nitro benzene ring substituents is 1. The minimum Gasteiger partial charge on any atom is -0.327 e. The van der Waals surface area contributed by atoms with Gasteiger partial charge >= 0.3 is 0 Å². The Morgan fingerprint density at radius 2 is 1.76 bits per heavy atom. The number of carbonyl (C=O) groups is 2. The quantitative estimate of drug-likeness (QED) is 0.330. The predicted octanol–water partition coefficient (Wildman–Crippen LogP) is 4.70. The molecule has 13 heteroatoms. The van der Waals surface area contributed by atoms with Crippen LogP contribution in [0.25, 0.3) is 0 Å². The van der Waals surface area contributed by atoms with Crippen LogP contribution in [0.4, 0.5) is 17.1 Å². The molecule has 0 fully saturated rings. The molecule has 0 saturated carbocycles. The highest BCUT2D eigenvalue weighted by Gasteiger charge is 2.34. The second-order valence-corrected chi connectivity index (χ2v) is 9.16. The minimum absolute atomic E-state index is 0.0366. The molecule has 3 aromatic carbocycles. The first kappa shape index (κ1) is 26.7. The van der Waals surface area contributed by atoms with Gasteiger partial charge in [0.1, 0.15) is 0 Å². The molecular weight excluding hydrogens is 537 g/mol. The van der Waals surface area contributed by atoms with Crippen LogP contribution in [0, 0.1) is 20.2 Å². The average molecular weight is 556 g/mol. The van der Waals surface area contributed by atoms with Gasteiger partial charge in [-0.25, -0.2) is 4.99 Å². The third-order valence-electron chi connectivity index (χ3n) is 5.92. The summed E-state index contributed by atoms with van der Waals surface area (Å²) >= 11 is 12.1. The fraction of sp³-hybridized carbons (Fsp3) is 0.160. The molecule has 1 heterocycles. The predicted molar refractivity (Wildman–Crippen MR) is 142 cm³/mol. The number of benzodiazepines with no additional fused rings is 1. The number of amides is 2. The topological polar surface area (TPSA) is 148 Å². The van der Waals surface area contributed by atoms with Crippen molar-refractivity contribution in [2.24, 2.45) is 4.99 Å². The third kappa shape index (κ3) is 5.48. The number of benzene rings is 3. The van der Waals surface area contributed by atoms with E-state index >= 15 is 0 Å². The van der Waals surface area contributed by atoms with Gasteiger partial charge in [-0.1, -0.05) is 41.4 Å². The molecule has 0 aliphatic carbocycles. The number of carbonyl (C=O) groups excluding carboxylic acids is 2. The minimum atomic E-state index is -1.45. The van der Waals surface area contributed by atoms with Crippen LogP contribution >= 0.6 is 23.2 Å². The van der Waals surface area contributed by atoms with E-state index < -0.39 is 27.8 Å². The molecule has 1 atom stereocenters. The van der Waals surface area contributed by atoms with Gasteiger partial charge in [-0.15, -0.1) is 0 Å². The molecule has 0 aromatic heterocycles.